The maximum atomic E-state index is 11.0. The third-order valence-corrected chi connectivity index (χ3v) is 2.20. The van der Waals surface area contributed by atoms with Crippen LogP contribution >= 0.6 is 0 Å². The molecule has 0 aromatic rings. The fourth-order valence-electron chi connectivity index (χ4n) is 1.93. The summed E-state index contributed by atoms with van der Waals surface area (Å²) >= 11 is 0. The summed E-state index contributed by atoms with van der Waals surface area (Å²) in [5.41, 5.74) is -0.105. The molecule has 11 heavy (non-hydrogen) atoms. The van der Waals surface area contributed by atoms with Crippen LogP contribution < -0.4 is 0 Å². The zero-order chi connectivity index (χ0) is 8.65. The van der Waals surface area contributed by atoms with Crippen LogP contribution in [0.15, 0.2) is 0 Å². The first-order valence-electron chi connectivity index (χ1n) is 3.72. The Kier molecular flexibility index (Phi) is 1.63. The lowest BCUT2D eigenvalue weighted by atomic mass is 9.82. The van der Waals surface area contributed by atoms with Crippen LogP contribution in [0.4, 0.5) is 0 Å². The summed E-state index contributed by atoms with van der Waals surface area (Å²) in [5.74, 6) is -0.409. The molecule has 1 aliphatic rings. The minimum absolute atomic E-state index is 0.105. The molecule has 1 fully saturated rings. The maximum Gasteiger partial charge on any atom is 0.325 e. The zero-order valence-corrected chi connectivity index (χ0v) is 7.09. The van der Waals surface area contributed by atoms with Crippen LogP contribution in [-0.4, -0.2) is 22.4 Å². The molecule has 1 aliphatic heterocycles. The highest BCUT2D eigenvalue weighted by Crippen LogP contribution is 2.35. The summed E-state index contributed by atoms with van der Waals surface area (Å²) in [6.07, 6.45) is 0.987. The Morgan fingerprint density at radius 2 is 2.27 bits per heavy atom. The lowest BCUT2D eigenvalue weighted by Crippen LogP contribution is -2.63. The Morgan fingerprint density at radius 3 is 2.45 bits per heavy atom. The number of nitrogens with zero attached hydrogens (tertiary/aromatic N) is 2. The average Bonchev–Trinajstić information content (AvgIpc) is 1.85. The number of carbonyl (C=O) groups is 1. The fourth-order valence-corrected chi connectivity index (χ4v) is 1.93. The Hall–Kier alpha value is -1.04. The van der Waals surface area contributed by atoms with Gasteiger partial charge in [-0.1, -0.05) is 0 Å². The molecule has 1 heterocycles. The minimum atomic E-state index is -0.409. The van der Waals surface area contributed by atoms with E-state index in [0.29, 0.717) is 0 Å². The van der Waals surface area contributed by atoms with E-state index in [2.05, 4.69) is 0 Å². The first-order valence-corrected chi connectivity index (χ1v) is 3.72. The van der Waals surface area contributed by atoms with E-state index in [9.17, 15) is 4.79 Å². The molecule has 0 aliphatic carbocycles. The van der Waals surface area contributed by atoms with E-state index in [-0.39, 0.29) is 11.6 Å². The molecule has 3 nitrogen and oxygen atoms in total. The van der Waals surface area contributed by atoms with E-state index < -0.39 is 5.91 Å². The highest BCUT2D eigenvalue weighted by molar-refractivity contribution is 5.92. The molecule has 60 valence electrons. The molecular formula is C8H12N2O. The Bertz CT molecular complexity index is 227. The van der Waals surface area contributed by atoms with E-state index in [1.165, 1.54) is 0 Å². The monoisotopic (exact) mass is 152 g/mol. The molecule has 1 amide bonds. The maximum absolute atomic E-state index is 11.0. The first-order chi connectivity index (χ1) is 4.99. The molecule has 1 saturated heterocycles. The number of likely N-dealkylation sites (tertiary alicyclic amines) is 1. The van der Waals surface area contributed by atoms with Crippen LogP contribution in [-0.2, 0) is 4.79 Å². The molecular weight excluding hydrogens is 140 g/mol. The quantitative estimate of drug-likeness (QED) is 0.484. The van der Waals surface area contributed by atoms with Crippen LogP contribution in [0.2, 0.25) is 0 Å². The van der Waals surface area contributed by atoms with Crippen LogP contribution in [0.1, 0.15) is 27.2 Å². The molecule has 0 saturated carbocycles. The normalized spacial score (nSPS) is 27.1. The smallest absolute Gasteiger partial charge is 0.322 e. The highest BCUT2D eigenvalue weighted by atomic mass is 16.2. The minimum Gasteiger partial charge on any atom is -0.322 e. The summed E-state index contributed by atoms with van der Waals surface area (Å²) in [7, 11) is 0. The fraction of sp³-hybridized carbons (Fsp3) is 0.750. The van der Waals surface area contributed by atoms with Crippen molar-refractivity contribution in [3.63, 3.8) is 0 Å². The number of hydrogen-bond acceptors (Lipinski definition) is 2. The van der Waals surface area contributed by atoms with Gasteiger partial charge in [-0.3, -0.25) is 4.79 Å². The molecule has 0 aromatic heterocycles. The van der Waals surface area contributed by atoms with Gasteiger partial charge < -0.3 is 4.90 Å². The predicted molar refractivity (Wildman–Crippen MR) is 40.6 cm³/mol. The van der Waals surface area contributed by atoms with Gasteiger partial charge in [0.1, 0.15) is 0 Å². The van der Waals surface area contributed by atoms with Gasteiger partial charge in [0.25, 0.3) is 0 Å². The topological polar surface area (TPSA) is 44.1 Å². The second kappa shape index (κ2) is 2.23. The Labute approximate surface area is 66.6 Å². The van der Waals surface area contributed by atoms with Gasteiger partial charge >= 0.3 is 5.91 Å². The van der Waals surface area contributed by atoms with Gasteiger partial charge in [-0.2, -0.15) is 5.26 Å². The van der Waals surface area contributed by atoms with Crippen molar-refractivity contribution < 1.29 is 4.79 Å². The van der Waals surface area contributed by atoms with E-state index >= 15 is 0 Å². The summed E-state index contributed by atoms with van der Waals surface area (Å²) in [4.78, 5) is 12.6. The highest BCUT2D eigenvalue weighted by Gasteiger charge is 2.45. The lowest BCUT2D eigenvalue weighted by molar-refractivity contribution is -0.145. The molecule has 1 rings (SSSR count). The van der Waals surface area contributed by atoms with Gasteiger partial charge in [0.05, 0.1) is 0 Å². The van der Waals surface area contributed by atoms with Crippen molar-refractivity contribution in [3.8, 4) is 6.07 Å². The van der Waals surface area contributed by atoms with Crippen molar-refractivity contribution in [2.75, 3.05) is 0 Å². The van der Waals surface area contributed by atoms with Gasteiger partial charge in [0, 0.05) is 11.6 Å². The van der Waals surface area contributed by atoms with Gasteiger partial charge in [-0.05, 0) is 27.2 Å². The van der Waals surface area contributed by atoms with Crippen LogP contribution in [0.25, 0.3) is 0 Å². The molecule has 0 spiro atoms. The Balaban J connectivity index is 2.73. The SMILES string of the molecule is CC1CC(C)(C)N1C(=O)C#N. The number of hydrogen-bond donors (Lipinski definition) is 0. The van der Waals surface area contributed by atoms with Crippen molar-refractivity contribution in [2.24, 2.45) is 0 Å². The van der Waals surface area contributed by atoms with Crippen LogP contribution in [0.3, 0.4) is 0 Å². The third-order valence-electron chi connectivity index (χ3n) is 2.20. The molecule has 3 heteroatoms. The molecule has 0 aromatic carbocycles. The van der Waals surface area contributed by atoms with Gasteiger partial charge in [-0.15, -0.1) is 0 Å². The number of carbonyl (C=O) groups excluding carboxylic acids is 1. The standard InChI is InChI=1S/C8H12N2O/c1-6-4-8(2,3)10(6)7(11)5-9/h6H,4H2,1-3H3. The Morgan fingerprint density at radius 1 is 1.73 bits per heavy atom. The van der Waals surface area contributed by atoms with Crippen LogP contribution in [0.5, 0.6) is 0 Å². The van der Waals surface area contributed by atoms with Crippen molar-refractivity contribution in [3.05, 3.63) is 0 Å². The number of nitriles is 1. The summed E-state index contributed by atoms with van der Waals surface area (Å²) in [6.45, 7) is 5.91. The number of rotatable bonds is 0. The molecule has 0 radical (unpaired) electrons. The second-order valence-electron chi connectivity index (χ2n) is 3.65. The van der Waals surface area contributed by atoms with Gasteiger partial charge in [0.15, 0.2) is 6.07 Å². The van der Waals surface area contributed by atoms with Gasteiger partial charge in [-0.25, -0.2) is 0 Å². The van der Waals surface area contributed by atoms with Crippen molar-refractivity contribution in [1.82, 2.24) is 4.90 Å². The summed E-state index contributed by atoms with van der Waals surface area (Å²) < 4.78 is 0. The first kappa shape index (κ1) is 8.06. The van der Waals surface area contributed by atoms with Crippen LogP contribution in [0, 0.1) is 11.3 Å². The van der Waals surface area contributed by atoms with E-state index in [4.69, 9.17) is 5.26 Å². The predicted octanol–water partition coefficient (Wildman–Crippen LogP) is 0.909. The average molecular weight is 152 g/mol. The van der Waals surface area contributed by atoms with Crippen molar-refractivity contribution in [2.45, 2.75) is 38.8 Å². The van der Waals surface area contributed by atoms with E-state index in [0.717, 1.165) is 6.42 Å². The van der Waals surface area contributed by atoms with Crippen molar-refractivity contribution >= 4 is 5.91 Å². The van der Waals surface area contributed by atoms with Gasteiger partial charge in [0.2, 0.25) is 0 Å². The molecule has 0 bridgehead atoms. The molecule has 1 unspecified atom stereocenters. The van der Waals surface area contributed by atoms with E-state index in [1.807, 2.05) is 20.8 Å². The second-order valence-corrected chi connectivity index (χ2v) is 3.65. The third kappa shape index (κ3) is 1.09. The van der Waals surface area contributed by atoms with Crippen molar-refractivity contribution in [1.29, 1.82) is 5.26 Å². The number of amides is 1. The van der Waals surface area contributed by atoms with E-state index in [1.54, 1.807) is 11.0 Å². The summed E-state index contributed by atoms with van der Waals surface area (Å²) in [5, 5.41) is 8.38. The zero-order valence-electron chi connectivity index (χ0n) is 7.09. The largest absolute Gasteiger partial charge is 0.325 e. The molecule has 0 N–H and O–H groups in total. The molecule has 1 atom stereocenters. The summed E-state index contributed by atoms with van der Waals surface area (Å²) in [6, 6.07) is 1.87. The lowest BCUT2D eigenvalue weighted by Gasteiger charge is -2.52.